The van der Waals surface area contributed by atoms with Gasteiger partial charge in [-0.2, -0.15) is 5.01 Å². The largest absolute Gasteiger partial charge is 0.423 e. The molecule has 0 N–H and O–H groups in total. The van der Waals surface area contributed by atoms with E-state index in [1.54, 1.807) is 24.3 Å². The Hall–Kier alpha value is -3.79. The third kappa shape index (κ3) is 4.87. The van der Waals surface area contributed by atoms with E-state index in [0.29, 0.717) is 22.4 Å². The van der Waals surface area contributed by atoms with Gasteiger partial charge in [0.15, 0.2) is 5.78 Å². The predicted molar refractivity (Wildman–Crippen MR) is 164 cm³/mol. The summed E-state index contributed by atoms with van der Waals surface area (Å²) in [6, 6.07) is 16.8. The second-order valence-electron chi connectivity index (χ2n) is 11.5. The van der Waals surface area contributed by atoms with Crippen LogP contribution in [0.1, 0.15) is 37.5 Å². The Morgan fingerprint density at radius 1 is 0.841 bits per heavy atom. The molecular weight excluding hydrogens is 671 g/mol. The summed E-state index contributed by atoms with van der Waals surface area (Å²) in [4.78, 5) is 67.8. The van der Waals surface area contributed by atoms with Crippen molar-refractivity contribution >= 4 is 68.6 Å². The van der Waals surface area contributed by atoms with Crippen molar-refractivity contribution in [2.24, 2.45) is 35.5 Å². The van der Waals surface area contributed by atoms with Crippen LogP contribution in [0.5, 0.6) is 5.75 Å². The molecule has 4 aliphatic carbocycles. The van der Waals surface area contributed by atoms with Crippen molar-refractivity contribution in [2.45, 2.75) is 6.42 Å². The SMILES string of the molecule is O=C(CN(C(=O)c1ccc(Cl)cc1Cl)N1C(=O)[C@@H]2[C@H]3C=C[C@@H]([C@@H]4C[C@H]34)[C@@H]2C1=O)c1ccc(OC(=O)c2ccc(Br)cc2)cc1. The Labute approximate surface area is 270 Å². The molecule has 2 bridgehead atoms. The highest BCUT2D eigenvalue weighted by molar-refractivity contribution is 9.10. The summed E-state index contributed by atoms with van der Waals surface area (Å²) in [6.45, 7) is -0.595. The van der Waals surface area contributed by atoms with Gasteiger partial charge >= 0.3 is 5.97 Å². The maximum Gasteiger partial charge on any atom is 0.343 e. The highest BCUT2D eigenvalue weighted by Crippen LogP contribution is 2.65. The fourth-order valence-electron chi connectivity index (χ4n) is 6.90. The zero-order chi connectivity index (χ0) is 30.9. The number of ether oxygens (including phenoxy) is 1. The molecular formula is C33H23BrCl2N2O6. The number of esters is 1. The smallest absolute Gasteiger partial charge is 0.343 e. The quantitative estimate of drug-likeness (QED) is 0.0951. The molecule has 5 aliphatic rings. The Bertz CT molecular complexity index is 1740. The minimum absolute atomic E-state index is 0.00140. The first kappa shape index (κ1) is 29.0. The Kier molecular flexibility index (Phi) is 7.22. The van der Waals surface area contributed by atoms with E-state index in [2.05, 4.69) is 15.9 Å². The summed E-state index contributed by atoms with van der Waals surface area (Å²) < 4.78 is 6.24. The van der Waals surface area contributed by atoms with Gasteiger partial charge in [0, 0.05) is 15.1 Å². The van der Waals surface area contributed by atoms with Gasteiger partial charge in [-0.05, 0) is 96.8 Å². The maximum atomic E-state index is 13.9. The van der Waals surface area contributed by atoms with E-state index in [1.165, 1.54) is 42.5 Å². The number of carbonyl (C=O) groups is 5. The zero-order valence-corrected chi connectivity index (χ0v) is 26.0. The van der Waals surface area contributed by atoms with Gasteiger partial charge in [-0.25, -0.2) is 9.80 Å². The van der Waals surface area contributed by atoms with Crippen LogP contribution in [0.4, 0.5) is 0 Å². The molecule has 8 rings (SSSR count). The summed E-state index contributed by atoms with van der Waals surface area (Å²) >= 11 is 15.7. The van der Waals surface area contributed by atoms with E-state index < -0.39 is 47.9 Å². The minimum Gasteiger partial charge on any atom is -0.423 e. The third-order valence-corrected chi connectivity index (χ3v) is 10.1. The van der Waals surface area contributed by atoms with Crippen molar-refractivity contribution in [3.05, 3.63) is 110 Å². The molecule has 0 radical (unpaired) electrons. The minimum atomic E-state index is -0.772. The molecule has 0 aromatic heterocycles. The normalized spacial score (nSPS) is 25.8. The fraction of sp³-hybridized carbons (Fsp3) is 0.242. The molecule has 0 unspecified atom stereocenters. The number of rotatable bonds is 7. The topological polar surface area (TPSA) is 101 Å². The van der Waals surface area contributed by atoms with Crippen LogP contribution in [0.25, 0.3) is 0 Å². The lowest BCUT2D eigenvalue weighted by atomic mass is 9.63. The van der Waals surface area contributed by atoms with Gasteiger partial charge in [0.25, 0.3) is 17.7 Å². The van der Waals surface area contributed by atoms with Gasteiger partial charge in [-0.3, -0.25) is 19.2 Å². The first-order valence-electron chi connectivity index (χ1n) is 14.1. The van der Waals surface area contributed by atoms with Crippen LogP contribution >= 0.6 is 39.1 Å². The molecule has 3 amide bonds. The third-order valence-electron chi connectivity index (χ3n) is 9.04. The van der Waals surface area contributed by atoms with Gasteiger partial charge in [0.2, 0.25) is 0 Å². The second kappa shape index (κ2) is 11.0. The summed E-state index contributed by atoms with van der Waals surface area (Å²) in [5, 5.41) is 2.10. The fourth-order valence-corrected chi connectivity index (χ4v) is 7.66. The van der Waals surface area contributed by atoms with Gasteiger partial charge in [0.05, 0.1) is 28.0 Å². The zero-order valence-electron chi connectivity index (χ0n) is 22.9. The number of amides is 3. The molecule has 8 nitrogen and oxygen atoms in total. The van der Waals surface area contributed by atoms with Crippen LogP contribution in [0.15, 0.2) is 83.4 Å². The van der Waals surface area contributed by atoms with Crippen molar-refractivity contribution in [2.75, 3.05) is 6.54 Å². The van der Waals surface area contributed by atoms with E-state index >= 15 is 0 Å². The molecule has 222 valence electrons. The van der Waals surface area contributed by atoms with Crippen molar-refractivity contribution < 1.29 is 28.7 Å². The molecule has 3 aromatic rings. The van der Waals surface area contributed by atoms with Gasteiger partial charge < -0.3 is 4.74 Å². The Morgan fingerprint density at radius 2 is 1.43 bits per heavy atom. The highest BCUT2D eigenvalue weighted by atomic mass is 79.9. The summed E-state index contributed by atoms with van der Waals surface area (Å²) in [5.74, 6) is -3.12. The molecule has 3 aromatic carbocycles. The number of halogens is 3. The molecule has 11 heteroatoms. The predicted octanol–water partition coefficient (Wildman–Crippen LogP) is 6.27. The Morgan fingerprint density at radius 3 is 2.02 bits per heavy atom. The lowest BCUT2D eigenvalue weighted by Gasteiger charge is -2.37. The number of hydrogen-bond acceptors (Lipinski definition) is 6. The number of hydrogen-bond donors (Lipinski definition) is 0. The van der Waals surface area contributed by atoms with Gasteiger partial charge in [-0.15, -0.1) is 0 Å². The number of benzene rings is 3. The average Bonchev–Trinajstić information content (AvgIpc) is 3.79. The van der Waals surface area contributed by atoms with E-state index in [0.717, 1.165) is 20.9 Å². The number of Topliss-reactive ketones (excluding diaryl/α,β-unsaturated/α-hetero) is 1. The van der Waals surface area contributed by atoms with E-state index in [4.69, 9.17) is 27.9 Å². The standard InChI is InChI=1S/C33H23BrCl2N2O6/c34-18-5-1-17(2-6-18)33(43)44-20-8-3-16(4-9-20)27(39)15-37(30(40)23-10-7-19(35)13-26(23)36)38-31(41)28-21-11-12-22(25-14-24(21)25)29(28)32(38)42/h1-13,21-22,24-25,28-29H,14-15H2/t21-,22-,24-,25+,28-,29+/m0/s1. The Balaban J connectivity index is 1.15. The lowest BCUT2D eigenvalue weighted by Crippen LogP contribution is -2.52. The van der Waals surface area contributed by atoms with Crippen LogP contribution in [-0.4, -0.2) is 46.0 Å². The van der Waals surface area contributed by atoms with Gasteiger partial charge in [-0.1, -0.05) is 51.3 Å². The van der Waals surface area contributed by atoms with Crippen LogP contribution in [0.3, 0.4) is 0 Å². The number of imide groups is 1. The molecule has 3 fully saturated rings. The van der Waals surface area contributed by atoms with Gasteiger partial charge in [0.1, 0.15) is 12.3 Å². The highest BCUT2D eigenvalue weighted by Gasteiger charge is 2.68. The molecule has 6 atom stereocenters. The molecule has 2 saturated carbocycles. The van der Waals surface area contributed by atoms with Crippen molar-refractivity contribution in [1.82, 2.24) is 10.0 Å². The molecule has 1 saturated heterocycles. The van der Waals surface area contributed by atoms with Crippen LogP contribution in [-0.2, 0) is 9.59 Å². The van der Waals surface area contributed by atoms with E-state index in [1.807, 2.05) is 12.2 Å². The molecule has 1 heterocycles. The number of hydrazine groups is 1. The van der Waals surface area contributed by atoms with Crippen LogP contribution < -0.4 is 4.74 Å². The second-order valence-corrected chi connectivity index (χ2v) is 13.2. The number of nitrogens with zero attached hydrogens (tertiary/aromatic N) is 2. The lowest BCUT2D eigenvalue weighted by molar-refractivity contribution is -0.154. The number of carbonyl (C=O) groups excluding carboxylic acids is 5. The number of ketones is 1. The first-order chi connectivity index (χ1) is 21.1. The van der Waals surface area contributed by atoms with Crippen LogP contribution in [0.2, 0.25) is 10.0 Å². The molecule has 1 aliphatic heterocycles. The summed E-state index contributed by atoms with van der Waals surface area (Å²) in [7, 11) is 0. The van der Waals surface area contributed by atoms with Crippen molar-refractivity contribution in [3.8, 4) is 5.75 Å². The summed E-state index contributed by atoms with van der Waals surface area (Å²) in [5.41, 5.74) is 0.538. The van der Waals surface area contributed by atoms with Crippen LogP contribution in [0, 0.1) is 35.5 Å². The van der Waals surface area contributed by atoms with E-state index in [-0.39, 0.29) is 33.7 Å². The number of allylic oxidation sites excluding steroid dienone is 2. The van der Waals surface area contributed by atoms with E-state index in [9.17, 15) is 24.0 Å². The monoisotopic (exact) mass is 692 g/mol. The molecule has 44 heavy (non-hydrogen) atoms. The first-order valence-corrected chi connectivity index (χ1v) is 15.6. The maximum absolute atomic E-state index is 13.9. The molecule has 0 spiro atoms. The van der Waals surface area contributed by atoms with Crippen molar-refractivity contribution in [1.29, 1.82) is 0 Å². The average molecular weight is 694 g/mol. The summed E-state index contributed by atoms with van der Waals surface area (Å²) in [6.07, 6.45) is 5.06. The van der Waals surface area contributed by atoms with Crippen molar-refractivity contribution in [3.63, 3.8) is 0 Å².